The van der Waals surface area contributed by atoms with Crippen molar-refractivity contribution in [2.45, 2.75) is 0 Å². The van der Waals surface area contributed by atoms with Gasteiger partial charge in [-0.1, -0.05) is 12.1 Å². The summed E-state index contributed by atoms with van der Waals surface area (Å²) in [6.45, 7) is 0. The van der Waals surface area contributed by atoms with Crippen LogP contribution in [0.5, 0.6) is 0 Å². The van der Waals surface area contributed by atoms with Crippen molar-refractivity contribution < 1.29 is 18.7 Å². The van der Waals surface area contributed by atoms with Crippen molar-refractivity contribution >= 4 is 23.6 Å². The Balaban J connectivity index is 2.21. The van der Waals surface area contributed by atoms with E-state index in [9.17, 15) is 9.59 Å². The maximum atomic E-state index is 12.1. The molecule has 0 N–H and O–H groups in total. The second kappa shape index (κ2) is 6.56. The lowest BCUT2D eigenvalue weighted by Gasteiger charge is -2.18. The lowest BCUT2D eigenvalue weighted by Crippen LogP contribution is -2.26. The minimum absolute atomic E-state index is 0.275. The molecule has 0 aliphatic rings. The summed E-state index contributed by atoms with van der Waals surface area (Å²) >= 11 is 0. The van der Waals surface area contributed by atoms with Gasteiger partial charge in [-0.3, -0.25) is 4.79 Å². The first-order chi connectivity index (χ1) is 10.1. The Hall–Kier alpha value is -2.82. The van der Waals surface area contributed by atoms with E-state index in [0.717, 1.165) is 0 Å². The number of ether oxygens (including phenoxy) is 1. The van der Waals surface area contributed by atoms with E-state index in [1.807, 2.05) is 0 Å². The fourth-order valence-corrected chi connectivity index (χ4v) is 1.82. The molecule has 21 heavy (non-hydrogen) atoms. The molecule has 0 saturated carbocycles. The van der Waals surface area contributed by atoms with Gasteiger partial charge < -0.3 is 14.1 Å². The SMILES string of the molecule is COC(=O)c1ccccc1N(C)C(=O)/C=C/c1ccco1. The predicted molar refractivity (Wildman–Crippen MR) is 78.9 cm³/mol. The quantitative estimate of drug-likeness (QED) is 0.640. The van der Waals surface area contributed by atoms with Crippen molar-refractivity contribution in [2.75, 3.05) is 19.1 Å². The summed E-state index contributed by atoms with van der Waals surface area (Å²) in [6, 6.07) is 10.2. The molecular weight excluding hydrogens is 270 g/mol. The highest BCUT2D eigenvalue weighted by Crippen LogP contribution is 2.20. The van der Waals surface area contributed by atoms with Gasteiger partial charge in [0.2, 0.25) is 0 Å². The molecule has 0 fully saturated rings. The first-order valence-electron chi connectivity index (χ1n) is 6.30. The van der Waals surface area contributed by atoms with Crippen LogP contribution in [0.15, 0.2) is 53.2 Å². The first kappa shape index (κ1) is 14.6. The third-order valence-corrected chi connectivity index (χ3v) is 2.93. The Bertz CT molecular complexity index is 659. The highest BCUT2D eigenvalue weighted by Gasteiger charge is 2.17. The lowest BCUT2D eigenvalue weighted by molar-refractivity contribution is -0.113. The molecule has 0 bridgehead atoms. The maximum Gasteiger partial charge on any atom is 0.339 e. The molecular formula is C16H15NO4. The molecule has 1 amide bonds. The number of amides is 1. The van der Waals surface area contributed by atoms with Gasteiger partial charge in [-0.2, -0.15) is 0 Å². The molecule has 0 atom stereocenters. The van der Waals surface area contributed by atoms with Crippen LogP contribution >= 0.6 is 0 Å². The Morgan fingerprint density at radius 1 is 1.19 bits per heavy atom. The molecule has 0 aliphatic heterocycles. The lowest BCUT2D eigenvalue weighted by atomic mass is 10.1. The summed E-state index contributed by atoms with van der Waals surface area (Å²) in [7, 11) is 2.90. The molecule has 1 aromatic carbocycles. The second-order valence-electron chi connectivity index (χ2n) is 4.25. The van der Waals surface area contributed by atoms with Gasteiger partial charge in [0.05, 0.1) is 24.6 Å². The molecule has 2 aromatic rings. The Morgan fingerprint density at radius 3 is 2.62 bits per heavy atom. The normalized spacial score (nSPS) is 10.6. The summed E-state index contributed by atoms with van der Waals surface area (Å²) in [5, 5.41) is 0. The number of para-hydroxylation sites is 1. The highest BCUT2D eigenvalue weighted by molar-refractivity contribution is 6.07. The smallest absolute Gasteiger partial charge is 0.339 e. The number of rotatable bonds is 4. The van der Waals surface area contributed by atoms with Gasteiger partial charge in [-0.15, -0.1) is 0 Å². The van der Waals surface area contributed by atoms with Gasteiger partial charge in [0, 0.05) is 13.1 Å². The predicted octanol–water partition coefficient (Wildman–Crippen LogP) is 2.74. The minimum Gasteiger partial charge on any atom is -0.465 e. The van der Waals surface area contributed by atoms with Crippen molar-refractivity contribution in [3.05, 3.63) is 60.1 Å². The van der Waals surface area contributed by atoms with Crippen LogP contribution in [0.25, 0.3) is 6.08 Å². The second-order valence-corrected chi connectivity index (χ2v) is 4.25. The first-order valence-corrected chi connectivity index (χ1v) is 6.30. The van der Waals surface area contributed by atoms with Gasteiger partial charge in [0.15, 0.2) is 0 Å². The summed E-state index contributed by atoms with van der Waals surface area (Å²) < 4.78 is 9.83. The number of nitrogens with zero attached hydrogens (tertiary/aromatic N) is 1. The molecule has 1 aromatic heterocycles. The number of esters is 1. The van der Waals surface area contributed by atoms with E-state index in [0.29, 0.717) is 17.0 Å². The van der Waals surface area contributed by atoms with E-state index in [1.165, 1.54) is 24.3 Å². The van der Waals surface area contributed by atoms with E-state index < -0.39 is 5.97 Å². The van der Waals surface area contributed by atoms with Crippen LogP contribution in [0.2, 0.25) is 0 Å². The van der Waals surface area contributed by atoms with Gasteiger partial charge in [0.25, 0.3) is 5.91 Å². The molecule has 0 radical (unpaired) electrons. The average molecular weight is 285 g/mol. The van der Waals surface area contributed by atoms with Gasteiger partial charge in [-0.25, -0.2) is 4.79 Å². The molecule has 5 nitrogen and oxygen atoms in total. The van der Waals surface area contributed by atoms with Crippen LogP contribution in [-0.2, 0) is 9.53 Å². The van der Waals surface area contributed by atoms with E-state index >= 15 is 0 Å². The van der Waals surface area contributed by atoms with Crippen LogP contribution in [0.1, 0.15) is 16.1 Å². The number of carbonyl (C=O) groups is 2. The van der Waals surface area contributed by atoms with Gasteiger partial charge in [-0.05, 0) is 30.3 Å². The van der Waals surface area contributed by atoms with Crippen LogP contribution in [0.4, 0.5) is 5.69 Å². The number of benzene rings is 1. The van der Waals surface area contributed by atoms with E-state index in [1.54, 1.807) is 49.5 Å². The van der Waals surface area contributed by atoms with E-state index in [4.69, 9.17) is 9.15 Å². The van der Waals surface area contributed by atoms with Crippen LogP contribution < -0.4 is 4.90 Å². The standard InChI is InChI=1S/C16H15NO4/c1-17(15(18)10-9-12-6-5-11-21-12)14-8-4-3-7-13(14)16(19)20-2/h3-11H,1-2H3/b10-9+. The number of carbonyl (C=O) groups excluding carboxylic acids is 2. The van der Waals surface area contributed by atoms with Crippen LogP contribution in [0, 0.1) is 0 Å². The highest BCUT2D eigenvalue weighted by atomic mass is 16.5. The minimum atomic E-state index is -0.486. The Labute approximate surface area is 122 Å². The summed E-state index contributed by atoms with van der Waals surface area (Å²) in [5.74, 6) is -0.180. The zero-order chi connectivity index (χ0) is 15.2. The Kier molecular flexibility index (Phi) is 4.56. The third kappa shape index (κ3) is 3.39. The van der Waals surface area contributed by atoms with E-state index in [-0.39, 0.29) is 5.91 Å². The molecule has 0 spiro atoms. The van der Waals surface area contributed by atoms with Crippen molar-refractivity contribution in [2.24, 2.45) is 0 Å². The number of likely N-dealkylation sites (N-methyl/N-ethyl adjacent to an activating group) is 1. The largest absolute Gasteiger partial charge is 0.465 e. The topological polar surface area (TPSA) is 59.8 Å². The summed E-state index contributed by atoms with van der Waals surface area (Å²) in [6.07, 6.45) is 4.48. The van der Waals surface area contributed by atoms with Crippen LogP contribution in [-0.4, -0.2) is 26.0 Å². The van der Waals surface area contributed by atoms with Crippen molar-refractivity contribution in [1.82, 2.24) is 0 Å². The summed E-state index contributed by atoms with van der Waals surface area (Å²) in [5.41, 5.74) is 0.820. The number of furan rings is 1. The number of hydrogen-bond donors (Lipinski definition) is 0. The third-order valence-electron chi connectivity index (χ3n) is 2.93. The fourth-order valence-electron chi connectivity index (χ4n) is 1.82. The molecule has 2 rings (SSSR count). The van der Waals surface area contributed by atoms with Gasteiger partial charge in [0.1, 0.15) is 5.76 Å². The van der Waals surface area contributed by atoms with Crippen molar-refractivity contribution in [3.63, 3.8) is 0 Å². The molecule has 5 heteroatoms. The molecule has 1 heterocycles. The van der Waals surface area contributed by atoms with Crippen molar-refractivity contribution in [3.8, 4) is 0 Å². The number of methoxy groups -OCH3 is 1. The zero-order valence-electron chi connectivity index (χ0n) is 11.8. The number of anilines is 1. The van der Waals surface area contributed by atoms with Crippen LogP contribution in [0.3, 0.4) is 0 Å². The monoisotopic (exact) mass is 285 g/mol. The molecule has 0 unspecified atom stereocenters. The maximum absolute atomic E-state index is 12.1. The van der Waals surface area contributed by atoms with Gasteiger partial charge >= 0.3 is 5.97 Å². The molecule has 0 aliphatic carbocycles. The zero-order valence-corrected chi connectivity index (χ0v) is 11.8. The molecule has 108 valence electrons. The van der Waals surface area contributed by atoms with Crippen molar-refractivity contribution in [1.29, 1.82) is 0 Å². The fraction of sp³-hybridized carbons (Fsp3) is 0.125. The van der Waals surface area contributed by atoms with E-state index in [2.05, 4.69) is 0 Å². The molecule has 0 saturated heterocycles. The number of hydrogen-bond acceptors (Lipinski definition) is 4. The summed E-state index contributed by atoms with van der Waals surface area (Å²) in [4.78, 5) is 25.2. The average Bonchev–Trinajstić information content (AvgIpc) is 3.04. The Morgan fingerprint density at radius 2 is 1.95 bits per heavy atom.